The number of nitrogens with zero attached hydrogens (tertiary/aromatic N) is 8. The van der Waals surface area contributed by atoms with Gasteiger partial charge in [0.1, 0.15) is 6.04 Å². The van der Waals surface area contributed by atoms with Crippen LogP contribution in [-0.4, -0.2) is 109 Å². The number of likely N-dealkylation sites (tertiary alicyclic amines) is 1. The van der Waals surface area contributed by atoms with Crippen LogP contribution >= 0.6 is 0 Å². The first-order valence-electron chi connectivity index (χ1n) is 21.0. The average Bonchev–Trinajstić information content (AvgIpc) is 3.44. The molecule has 4 amide bonds. The summed E-state index contributed by atoms with van der Waals surface area (Å²) in [5.74, 6) is 1.33. The fraction of sp³-hybridized carbons (Fsp3) is 0.400. The third kappa shape index (κ3) is 6.21. The zero-order valence-corrected chi connectivity index (χ0v) is 33.9. The number of anilines is 5. The van der Waals surface area contributed by atoms with Gasteiger partial charge >= 0.3 is 0 Å². The zero-order valence-electron chi connectivity index (χ0n) is 33.9. The SMILES string of the molecule is Cc1cccc(C)c1Nc1nn(C)c2nc(Nc3ccc4c(c3)CN(C3CN(C[C@H]5[C@H]6CN(c7ccc8c(c7)C(=O)N(C7CCC(=O)NC7=O)C8=O)C[C@@H]56)C3)CC4)ncc12. The van der Waals surface area contributed by atoms with Gasteiger partial charge in [0, 0.05) is 88.6 Å². The number of nitrogens with one attached hydrogen (secondary N) is 3. The number of amides is 4. The van der Waals surface area contributed by atoms with Crippen molar-refractivity contribution < 1.29 is 19.2 Å². The van der Waals surface area contributed by atoms with Crippen LogP contribution in [0, 0.1) is 31.6 Å². The highest BCUT2D eigenvalue weighted by Gasteiger charge is 2.57. The molecule has 306 valence electrons. The van der Waals surface area contributed by atoms with Gasteiger partial charge in [0.25, 0.3) is 11.8 Å². The Morgan fingerprint density at radius 1 is 0.850 bits per heavy atom. The van der Waals surface area contributed by atoms with Crippen molar-refractivity contribution in [2.45, 2.75) is 51.7 Å². The van der Waals surface area contributed by atoms with E-state index in [-0.39, 0.29) is 18.7 Å². The average molecular weight is 806 g/mol. The number of carbonyl (C=O) groups is 4. The van der Waals surface area contributed by atoms with Crippen LogP contribution < -0.4 is 20.9 Å². The van der Waals surface area contributed by atoms with E-state index in [2.05, 4.69) is 85.9 Å². The monoisotopic (exact) mass is 805 g/mol. The lowest BCUT2D eigenvalue weighted by Crippen LogP contribution is -2.60. The summed E-state index contributed by atoms with van der Waals surface area (Å²) < 4.78 is 1.79. The van der Waals surface area contributed by atoms with Gasteiger partial charge in [0.15, 0.2) is 11.5 Å². The summed E-state index contributed by atoms with van der Waals surface area (Å²) in [6.07, 6.45) is 3.14. The second-order valence-corrected chi connectivity index (χ2v) is 17.6. The summed E-state index contributed by atoms with van der Waals surface area (Å²) in [6, 6.07) is 17.9. The van der Waals surface area contributed by atoms with E-state index in [9.17, 15) is 19.2 Å². The van der Waals surface area contributed by atoms with Gasteiger partial charge in [0.05, 0.1) is 16.5 Å². The molecule has 3 saturated heterocycles. The third-order valence-electron chi connectivity index (χ3n) is 13.9. The van der Waals surface area contributed by atoms with Crippen molar-refractivity contribution in [3.8, 4) is 0 Å². The molecule has 1 unspecified atom stereocenters. The van der Waals surface area contributed by atoms with Crippen molar-refractivity contribution in [2.24, 2.45) is 24.8 Å². The molecule has 4 atom stereocenters. The zero-order chi connectivity index (χ0) is 41.0. The van der Waals surface area contributed by atoms with Crippen LogP contribution in [0.15, 0.2) is 60.8 Å². The van der Waals surface area contributed by atoms with Gasteiger partial charge in [-0.1, -0.05) is 24.3 Å². The van der Waals surface area contributed by atoms with Gasteiger partial charge in [-0.05, 0) is 97.0 Å². The molecule has 0 radical (unpaired) electrons. The Morgan fingerprint density at radius 3 is 2.42 bits per heavy atom. The summed E-state index contributed by atoms with van der Waals surface area (Å²) >= 11 is 0. The predicted molar refractivity (Wildman–Crippen MR) is 225 cm³/mol. The molecule has 7 heterocycles. The fourth-order valence-electron chi connectivity index (χ4n) is 10.4. The Bertz CT molecular complexity index is 2620. The van der Waals surface area contributed by atoms with Gasteiger partial charge in [-0.15, -0.1) is 0 Å². The molecule has 6 aliphatic rings. The molecule has 5 aliphatic heterocycles. The lowest BCUT2D eigenvalue weighted by molar-refractivity contribution is -0.136. The molecule has 5 aromatic rings. The van der Waals surface area contributed by atoms with Crippen molar-refractivity contribution in [2.75, 3.05) is 54.8 Å². The molecular weight excluding hydrogens is 759 g/mol. The molecule has 15 nitrogen and oxygen atoms in total. The fourth-order valence-corrected chi connectivity index (χ4v) is 10.4. The van der Waals surface area contributed by atoms with Crippen molar-refractivity contribution >= 4 is 63.5 Å². The Balaban J connectivity index is 0.672. The molecule has 0 spiro atoms. The highest BCUT2D eigenvalue weighted by Crippen LogP contribution is 2.53. The Labute approximate surface area is 347 Å². The smallest absolute Gasteiger partial charge is 0.262 e. The topological polar surface area (TPSA) is 161 Å². The van der Waals surface area contributed by atoms with Gasteiger partial charge in [-0.3, -0.25) is 39.2 Å². The van der Waals surface area contributed by atoms with E-state index in [4.69, 9.17) is 10.1 Å². The number of para-hydroxylation sites is 1. The number of aromatic nitrogens is 4. The highest BCUT2D eigenvalue weighted by molar-refractivity contribution is 6.23. The molecule has 1 aliphatic carbocycles. The molecule has 11 rings (SSSR count). The number of carbonyl (C=O) groups excluding carboxylic acids is 4. The lowest BCUT2D eigenvalue weighted by Gasteiger charge is -2.47. The van der Waals surface area contributed by atoms with Gasteiger partial charge < -0.3 is 15.5 Å². The van der Waals surface area contributed by atoms with E-state index in [0.717, 1.165) is 102 Å². The second-order valence-electron chi connectivity index (χ2n) is 17.6. The molecule has 0 bridgehead atoms. The maximum absolute atomic E-state index is 13.4. The number of fused-ring (bicyclic) bond motifs is 4. The number of imide groups is 2. The molecule has 60 heavy (non-hydrogen) atoms. The quantitative estimate of drug-likeness (QED) is 0.182. The number of aryl methyl sites for hydroxylation is 3. The van der Waals surface area contributed by atoms with E-state index in [0.29, 0.717) is 40.9 Å². The summed E-state index contributed by atoms with van der Waals surface area (Å²) in [5.41, 5.74) is 9.45. The predicted octanol–water partition coefficient (Wildman–Crippen LogP) is 4.29. The largest absolute Gasteiger partial charge is 0.371 e. The normalized spacial score (nSPS) is 24.1. The van der Waals surface area contributed by atoms with Gasteiger partial charge in [-0.2, -0.15) is 10.1 Å². The summed E-state index contributed by atoms with van der Waals surface area (Å²) in [7, 11) is 1.91. The Hall–Kier alpha value is -6.19. The minimum absolute atomic E-state index is 0.106. The van der Waals surface area contributed by atoms with Crippen LogP contribution in [0.25, 0.3) is 11.0 Å². The molecule has 3 aromatic carbocycles. The number of benzene rings is 3. The van der Waals surface area contributed by atoms with E-state index in [1.54, 1.807) is 10.7 Å². The lowest BCUT2D eigenvalue weighted by atomic mass is 9.95. The van der Waals surface area contributed by atoms with Gasteiger partial charge in [-0.25, -0.2) is 9.67 Å². The third-order valence-corrected chi connectivity index (χ3v) is 13.9. The first kappa shape index (κ1) is 36.9. The molecular formula is C45H47N11O4. The minimum atomic E-state index is -0.955. The van der Waals surface area contributed by atoms with Crippen LogP contribution in [0.1, 0.15) is 55.8 Å². The maximum Gasteiger partial charge on any atom is 0.262 e. The summed E-state index contributed by atoms with van der Waals surface area (Å²) in [6.45, 7) is 11.4. The summed E-state index contributed by atoms with van der Waals surface area (Å²) in [4.78, 5) is 68.8. The van der Waals surface area contributed by atoms with Crippen molar-refractivity contribution in [3.63, 3.8) is 0 Å². The van der Waals surface area contributed by atoms with Crippen molar-refractivity contribution in [1.29, 1.82) is 0 Å². The van der Waals surface area contributed by atoms with Crippen LogP contribution in [0.5, 0.6) is 0 Å². The standard InChI is InChI=1S/C45H47N11O4/c1-24-5-4-6-25(2)39(24)49-40-33-17-46-45(50-41(33)52(3)51-40)47-28-8-7-26-13-14-54(18-27(26)15-28)30-19-53(20-30)21-34-35-22-55(23-36(34)35)29-9-10-31-32(16-29)44(60)56(43(31)59)37-11-12-38(57)48-42(37)58/h4-10,15-17,30,34-37H,11-14,18-23H2,1-3H3,(H,49,51)(H,46,47,50)(H,48,57,58)/t34-,35+,36-,37?. The van der Waals surface area contributed by atoms with Crippen LogP contribution in [0.2, 0.25) is 0 Å². The highest BCUT2D eigenvalue weighted by atomic mass is 16.2. The number of hydrogen-bond acceptors (Lipinski definition) is 12. The van der Waals surface area contributed by atoms with Gasteiger partial charge in [0.2, 0.25) is 17.8 Å². The van der Waals surface area contributed by atoms with E-state index >= 15 is 0 Å². The van der Waals surface area contributed by atoms with Crippen molar-refractivity contribution in [3.05, 3.63) is 94.2 Å². The van der Waals surface area contributed by atoms with Crippen molar-refractivity contribution in [1.82, 2.24) is 39.8 Å². The van der Waals surface area contributed by atoms with Crippen LogP contribution in [-0.2, 0) is 29.6 Å². The molecule has 4 fully saturated rings. The van der Waals surface area contributed by atoms with Crippen LogP contribution in [0.3, 0.4) is 0 Å². The van der Waals surface area contributed by atoms with E-state index in [1.165, 1.54) is 11.1 Å². The number of piperidine rings is 2. The Kier molecular flexibility index (Phi) is 8.57. The molecule has 2 aromatic heterocycles. The number of rotatable bonds is 9. The molecule has 1 saturated carbocycles. The first-order valence-corrected chi connectivity index (χ1v) is 21.0. The first-order chi connectivity index (χ1) is 29.1. The minimum Gasteiger partial charge on any atom is -0.371 e. The maximum atomic E-state index is 13.4. The van der Waals surface area contributed by atoms with Crippen LogP contribution in [0.4, 0.5) is 28.8 Å². The molecule has 3 N–H and O–H groups in total. The summed E-state index contributed by atoms with van der Waals surface area (Å²) in [5, 5.41) is 14.8. The second kappa shape index (κ2) is 13.9. The number of hydrogen-bond donors (Lipinski definition) is 3. The molecule has 15 heteroatoms. The van der Waals surface area contributed by atoms with E-state index in [1.807, 2.05) is 25.4 Å². The Morgan fingerprint density at radius 2 is 1.63 bits per heavy atom. The van der Waals surface area contributed by atoms with E-state index < -0.39 is 23.8 Å².